The summed E-state index contributed by atoms with van der Waals surface area (Å²) in [5.41, 5.74) is 11.8. The van der Waals surface area contributed by atoms with Crippen molar-refractivity contribution in [2.24, 2.45) is 57.1 Å². The van der Waals surface area contributed by atoms with Crippen LogP contribution in [0.15, 0.2) is 34.3 Å². The Hall–Kier alpha value is -0.860. The third kappa shape index (κ3) is 5.81. The second-order valence-corrected chi connectivity index (χ2v) is 21.9. The van der Waals surface area contributed by atoms with E-state index in [2.05, 4.69) is 30.4 Å². The molecule has 280 valence electrons. The summed E-state index contributed by atoms with van der Waals surface area (Å²) >= 11 is 0. The number of hydrogen-bond acceptors (Lipinski definition) is 12. The summed E-state index contributed by atoms with van der Waals surface area (Å²) in [4.78, 5) is 19.6. The molecule has 0 unspecified atom stereocenters. The van der Waals surface area contributed by atoms with Crippen molar-refractivity contribution >= 4 is 54.9 Å². The van der Waals surface area contributed by atoms with E-state index in [1.807, 2.05) is 32.4 Å². The fourth-order valence-electron chi connectivity index (χ4n) is 12.7. The highest BCUT2D eigenvalue weighted by Crippen LogP contribution is 2.76. The SMILES string of the molecule is C[C@]12CCSSC[C@@]34NC(N)=NC[C@H]3[C@@H]3CC[C@H]4[C@H](CSS[C@@H](CO)c4ccc(CO)c3c4)CC3=C4C[C@H]1C[C@H](CO)[C@@H](CCCO)[C@@]42CC3=O. The van der Waals surface area contributed by atoms with Gasteiger partial charge in [-0.15, -0.1) is 0 Å². The summed E-state index contributed by atoms with van der Waals surface area (Å²) in [6.07, 6.45) is 7.82. The number of carbonyl (C=O) groups is 1. The van der Waals surface area contributed by atoms with E-state index in [1.54, 1.807) is 10.8 Å². The number of aliphatic imine (C=N–C) groups is 1. The lowest BCUT2D eigenvalue weighted by atomic mass is 9.47. The lowest BCUT2D eigenvalue weighted by Crippen LogP contribution is -2.69. The minimum Gasteiger partial charge on any atom is -0.396 e. The van der Waals surface area contributed by atoms with E-state index >= 15 is 0 Å². The van der Waals surface area contributed by atoms with Crippen LogP contribution in [0.2, 0.25) is 0 Å². The molecule has 1 aromatic carbocycles. The zero-order valence-electron chi connectivity index (χ0n) is 29.7. The number of rotatable bonds is 6. The zero-order valence-corrected chi connectivity index (χ0v) is 33.0. The largest absolute Gasteiger partial charge is 0.396 e. The number of fused-ring (bicyclic) bond motifs is 4. The molecule has 51 heavy (non-hydrogen) atoms. The van der Waals surface area contributed by atoms with Crippen LogP contribution in [0.3, 0.4) is 0 Å². The third-order valence-corrected chi connectivity index (χ3v) is 20.4. The standard InChI is InChI=1S/C39H55N3O5S4/c1-37-8-10-48-50-21-39-31-7-6-27(33(39)16-41-36(40)42-39)28-12-22(4-5-23(28)17-44)35(19-46)51-49-20-25(31)13-29-32-14-26(37)11-24(18-45)30(3-2-9-43)38(32,37)15-34(29)47/h4-5,12,24-27,30-31,33,35,43-46H,2-3,6-11,13-21H2,1H3,(H3,40,41,42)/t24-,25+,26-,27-,30-,31+,33+,35+,37+,38+,39+/m1/s1. The number of aliphatic hydroxyl groups excluding tert-OH is 4. The summed E-state index contributed by atoms with van der Waals surface area (Å²) in [6, 6.07) is 6.39. The van der Waals surface area contributed by atoms with Gasteiger partial charge in [-0.3, -0.25) is 9.79 Å². The van der Waals surface area contributed by atoms with Crippen molar-refractivity contribution in [3.63, 3.8) is 0 Å². The van der Waals surface area contributed by atoms with Gasteiger partial charge in [-0.05, 0) is 115 Å². The number of Topliss-reactive ketones (excluding diaryl/α,β-unsaturated/α-hetero) is 1. The van der Waals surface area contributed by atoms with Crippen LogP contribution in [0.1, 0.15) is 92.6 Å². The summed E-state index contributed by atoms with van der Waals surface area (Å²) in [5.74, 6) is 5.21. The van der Waals surface area contributed by atoms with Gasteiger partial charge in [-0.25, -0.2) is 0 Å². The summed E-state index contributed by atoms with van der Waals surface area (Å²) in [7, 11) is 7.52. The molecule has 4 aliphatic heterocycles. The Morgan fingerprint density at radius 2 is 1.92 bits per heavy atom. The minimum absolute atomic E-state index is 0.0238. The number of nitrogens with one attached hydrogen (secondary N) is 1. The molecule has 0 saturated heterocycles. The molecule has 12 heteroatoms. The van der Waals surface area contributed by atoms with Gasteiger partial charge in [0.05, 0.1) is 24.0 Å². The maximum atomic E-state index is 14.7. The third-order valence-electron chi connectivity index (χ3n) is 15.0. The molecule has 2 spiro atoms. The monoisotopic (exact) mass is 773 g/mol. The summed E-state index contributed by atoms with van der Waals surface area (Å²) < 4.78 is 0. The van der Waals surface area contributed by atoms with Crippen molar-refractivity contribution in [2.45, 2.75) is 88.0 Å². The van der Waals surface area contributed by atoms with Gasteiger partial charge >= 0.3 is 0 Å². The lowest BCUT2D eigenvalue weighted by Gasteiger charge is -2.57. The molecule has 0 radical (unpaired) electrons. The molecular weight excluding hydrogens is 719 g/mol. The van der Waals surface area contributed by atoms with E-state index in [0.717, 1.165) is 78.9 Å². The second kappa shape index (κ2) is 14.7. The van der Waals surface area contributed by atoms with Crippen molar-refractivity contribution in [1.82, 2.24) is 5.32 Å². The molecule has 8 nitrogen and oxygen atoms in total. The van der Waals surface area contributed by atoms with E-state index in [1.165, 1.54) is 11.1 Å². The molecule has 3 saturated carbocycles. The average Bonchev–Trinajstić information content (AvgIpc) is 3.46. The first-order valence-corrected chi connectivity index (χ1v) is 24.0. The highest BCUT2D eigenvalue weighted by atomic mass is 33.1. The molecule has 4 heterocycles. The van der Waals surface area contributed by atoms with Gasteiger partial charge in [0.15, 0.2) is 11.7 Å². The van der Waals surface area contributed by atoms with Gasteiger partial charge in [-0.1, -0.05) is 73.9 Å². The zero-order chi connectivity index (χ0) is 35.5. The minimum atomic E-state index is -0.330. The van der Waals surface area contributed by atoms with Crippen LogP contribution in [0.5, 0.6) is 0 Å². The van der Waals surface area contributed by atoms with Gasteiger partial charge < -0.3 is 31.5 Å². The molecule has 3 fully saturated rings. The maximum absolute atomic E-state index is 14.7. The Kier molecular flexibility index (Phi) is 10.7. The van der Waals surface area contributed by atoms with Gasteiger partial charge in [0.25, 0.3) is 0 Å². The number of carbonyl (C=O) groups excluding carboxylic acids is 1. The predicted octanol–water partition coefficient (Wildman–Crippen LogP) is 5.85. The van der Waals surface area contributed by atoms with Crippen LogP contribution in [0, 0.1) is 46.3 Å². The van der Waals surface area contributed by atoms with Crippen molar-refractivity contribution in [2.75, 3.05) is 43.6 Å². The van der Waals surface area contributed by atoms with Crippen LogP contribution in [-0.4, -0.2) is 81.3 Å². The van der Waals surface area contributed by atoms with E-state index in [9.17, 15) is 25.2 Å². The van der Waals surface area contributed by atoms with Crippen LogP contribution in [0.25, 0.3) is 0 Å². The molecule has 0 amide bonds. The molecule has 1 aromatic rings. The van der Waals surface area contributed by atoms with E-state index in [0.29, 0.717) is 37.0 Å². The van der Waals surface area contributed by atoms with Crippen LogP contribution < -0.4 is 11.1 Å². The predicted molar refractivity (Wildman–Crippen MR) is 211 cm³/mol. The lowest BCUT2D eigenvalue weighted by molar-refractivity contribution is -0.125. The number of aliphatic hydroxyl groups is 4. The molecule has 7 N–H and O–H groups in total. The fourth-order valence-corrected chi connectivity index (χ4v) is 18.4. The van der Waals surface area contributed by atoms with E-state index in [-0.39, 0.29) is 83.6 Å². The number of allylic oxidation sites excluding steroid dienone is 2. The highest BCUT2D eigenvalue weighted by molar-refractivity contribution is 8.77. The van der Waals surface area contributed by atoms with Gasteiger partial charge in [0.2, 0.25) is 0 Å². The van der Waals surface area contributed by atoms with Crippen LogP contribution in [-0.2, 0) is 11.4 Å². The molecule has 9 rings (SSSR count). The first kappa shape index (κ1) is 37.1. The number of ketones is 1. The molecule has 0 aromatic heterocycles. The Labute approximate surface area is 318 Å². The average molecular weight is 774 g/mol. The Balaban J connectivity index is 1.28. The fraction of sp³-hybridized carbons (Fsp3) is 0.744. The van der Waals surface area contributed by atoms with Gasteiger partial charge in [-0.2, -0.15) is 0 Å². The normalized spacial score (nSPS) is 42.1. The van der Waals surface area contributed by atoms with E-state index in [4.69, 9.17) is 10.7 Å². The van der Waals surface area contributed by atoms with Crippen molar-refractivity contribution in [1.29, 1.82) is 0 Å². The molecule has 11 atom stereocenters. The number of hydrogen-bond donors (Lipinski definition) is 6. The maximum Gasteiger partial charge on any atom is 0.189 e. The number of benzene rings is 1. The highest BCUT2D eigenvalue weighted by Gasteiger charge is 2.70. The Morgan fingerprint density at radius 1 is 1.06 bits per heavy atom. The topological polar surface area (TPSA) is 148 Å². The van der Waals surface area contributed by atoms with Crippen molar-refractivity contribution in [3.05, 3.63) is 46.0 Å². The first-order chi connectivity index (χ1) is 24.7. The summed E-state index contributed by atoms with van der Waals surface area (Å²) in [6.45, 7) is 3.40. The number of nitrogens with two attached hydrogens (primary N) is 1. The first-order valence-electron chi connectivity index (χ1n) is 19.2. The van der Waals surface area contributed by atoms with Crippen molar-refractivity contribution in [3.8, 4) is 0 Å². The smallest absolute Gasteiger partial charge is 0.189 e. The van der Waals surface area contributed by atoms with Gasteiger partial charge in [0.1, 0.15) is 0 Å². The summed E-state index contributed by atoms with van der Waals surface area (Å²) in [5, 5.41) is 45.7. The molecular formula is C39H55N3O5S4. The van der Waals surface area contributed by atoms with E-state index < -0.39 is 0 Å². The second-order valence-electron chi connectivity index (χ2n) is 16.8. The Morgan fingerprint density at radius 3 is 2.71 bits per heavy atom. The van der Waals surface area contributed by atoms with Crippen LogP contribution in [0.4, 0.5) is 0 Å². The van der Waals surface area contributed by atoms with Crippen molar-refractivity contribution < 1.29 is 25.2 Å². The molecule has 8 aliphatic rings. The quantitative estimate of drug-likeness (QED) is 0.194. The molecule has 4 aliphatic carbocycles. The molecule has 11 bridgehead atoms. The number of guanidine groups is 1. The number of nitrogens with zero attached hydrogens (tertiary/aromatic N) is 1. The Bertz CT molecular complexity index is 1580. The van der Waals surface area contributed by atoms with Crippen LogP contribution >= 0.6 is 43.2 Å². The van der Waals surface area contributed by atoms with Gasteiger partial charge in [0, 0.05) is 54.8 Å².